The van der Waals surface area contributed by atoms with Crippen LogP contribution in [0.25, 0.3) is 0 Å². The number of carbonyl (C=O) groups excluding carboxylic acids is 2. The van der Waals surface area contributed by atoms with Crippen LogP contribution in [0.5, 0.6) is 0 Å². The van der Waals surface area contributed by atoms with Crippen LogP contribution in [0.3, 0.4) is 0 Å². The maximum Gasteiger partial charge on any atom is 0.339 e. The van der Waals surface area contributed by atoms with Crippen molar-refractivity contribution in [2.45, 2.75) is 72.1 Å². The Balaban J connectivity index is 2.52. The smallest absolute Gasteiger partial charge is 0.339 e. The molecule has 0 spiro atoms. The second kappa shape index (κ2) is 14.1. The molecule has 0 aliphatic rings. The van der Waals surface area contributed by atoms with E-state index in [1.807, 2.05) is 0 Å². The molecule has 0 fully saturated rings. The molecule has 0 aromatic heterocycles. The number of esters is 2. The molecule has 27 heavy (non-hydrogen) atoms. The minimum Gasteiger partial charge on any atom is -0.462 e. The van der Waals surface area contributed by atoms with Crippen LogP contribution in [0.1, 0.15) is 92.9 Å². The van der Waals surface area contributed by atoms with E-state index in [9.17, 15) is 9.59 Å². The molecule has 5 nitrogen and oxygen atoms in total. The largest absolute Gasteiger partial charge is 0.462 e. The number of anilines is 1. The number of unbranched alkanes of at least 4 members (excludes halogenated alkanes) is 7. The molecule has 5 heteroatoms. The summed E-state index contributed by atoms with van der Waals surface area (Å²) in [5, 5.41) is 3.33. The van der Waals surface area contributed by atoms with Gasteiger partial charge in [0.05, 0.1) is 24.3 Å². The second-order valence-corrected chi connectivity index (χ2v) is 6.60. The van der Waals surface area contributed by atoms with E-state index in [1.54, 1.807) is 32.0 Å². The van der Waals surface area contributed by atoms with Gasteiger partial charge in [0.1, 0.15) is 0 Å². The van der Waals surface area contributed by atoms with Crippen molar-refractivity contribution in [3.63, 3.8) is 0 Å². The van der Waals surface area contributed by atoms with Crippen molar-refractivity contribution in [2.24, 2.45) is 0 Å². The summed E-state index contributed by atoms with van der Waals surface area (Å²) >= 11 is 0. The Kier molecular flexibility index (Phi) is 12.0. The highest BCUT2D eigenvalue weighted by Gasteiger charge is 2.19. The lowest BCUT2D eigenvalue weighted by Gasteiger charge is -2.12. The average Bonchev–Trinajstić information content (AvgIpc) is 2.67. The van der Waals surface area contributed by atoms with Gasteiger partial charge in [-0.3, -0.25) is 0 Å². The average molecular weight is 378 g/mol. The maximum absolute atomic E-state index is 12.2. The molecular weight excluding hydrogens is 342 g/mol. The first-order valence-electron chi connectivity index (χ1n) is 10.4. The predicted molar refractivity (Wildman–Crippen MR) is 109 cm³/mol. The van der Waals surface area contributed by atoms with Crippen LogP contribution in [0, 0.1) is 0 Å². The number of hydrogen-bond acceptors (Lipinski definition) is 5. The highest BCUT2D eigenvalue weighted by molar-refractivity contribution is 6.03. The molecule has 0 heterocycles. The molecule has 0 saturated carbocycles. The lowest BCUT2D eigenvalue weighted by Crippen LogP contribution is -2.15. The monoisotopic (exact) mass is 377 g/mol. The number of carbonyl (C=O) groups is 2. The minimum absolute atomic E-state index is 0.243. The molecule has 1 aromatic carbocycles. The van der Waals surface area contributed by atoms with Gasteiger partial charge in [0, 0.05) is 12.2 Å². The van der Waals surface area contributed by atoms with Crippen LogP contribution in [0.15, 0.2) is 18.2 Å². The van der Waals surface area contributed by atoms with Crippen LogP contribution >= 0.6 is 0 Å². The Morgan fingerprint density at radius 2 is 1.33 bits per heavy atom. The van der Waals surface area contributed by atoms with Crippen LogP contribution in [0.4, 0.5) is 5.69 Å². The second-order valence-electron chi connectivity index (χ2n) is 6.60. The highest BCUT2D eigenvalue weighted by Crippen LogP contribution is 2.19. The van der Waals surface area contributed by atoms with E-state index in [-0.39, 0.29) is 24.3 Å². The molecular formula is C22H35NO4. The highest BCUT2D eigenvalue weighted by atomic mass is 16.5. The van der Waals surface area contributed by atoms with Gasteiger partial charge in [0.15, 0.2) is 0 Å². The first-order chi connectivity index (χ1) is 13.1. The third-order valence-corrected chi connectivity index (χ3v) is 4.37. The van der Waals surface area contributed by atoms with Crippen molar-refractivity contribution < 1.29 is 19.1 Å². The van der Waals surface area contributed by atoms with Gasteiger partial charge >= 0.3 is 11.9 Å². The van der Waals surface area contributed by atoms with E-state index >= 15 is 0 Å². The van der Waals surface area contributed by atoms with Crippen molar-refractivity contribution in [3.8, 4) is 0 Å². The predicted octanol–water partition coefficient (Wildman–Crippen LogP) is 5.59. The fraction of sp³-hybridized carbons (Fsp3) is 0.636. The molecule has 0 aliphatic heterocycles. The maximum atomic E-state index is 12.2. The lowest BCUT2D eigenvalue weighted by atomic mass is 10.1. The van der Waals surface area contributed by atoms with Gasteiger partial charge in [0.2, 0.25) is 0 Å². The van der Waals surface area contributed by atoms with Gasteiger partial charge in [-0.1, -0.05) is 51.9 Å². The third kappa shape index (κ3) is 8.94. The summed E-state index contributed by atoms with van der Waals surface area (Å²) in [4.78, 5) is 24.3. The summed E-state index contributed by atoms with van der Waals surface area (Å²) in [7, 11) is 0. The Hall–Kier alpha value is -2.04. The molecule has 0 unspecified atom stereocenters. The van der Waals surface area contributed by atoms with E-state index in [0.29, 0.717) is 0 Å². The molecule has 0 radical (unpaired) electrons. The van der Waals surface area contributed by atoms with Gasteiger partial charge in [0.25, 0.3) is 0 Å². The Morgan fingerprint density at radius 1 is 0.778 bits per heavy atom. The number of nitrogens with one attached hydrogen (secondary N) is 1. The van der Waals surface area contributed by atoms with E-state index < -0.39 is 11.9 Å². The van der Waals surface area contributed by atoms with Gasteiger partial charge in [-0.25, -0.2) is 9.59 Å². The first kappa shape index (κ1) is 23.0. The quantitative estimate of drug-likeness (QED) is 0.338. The number of hydrogen-bond donors (Lipinski definition) is 1. The van der Waals surface area contributed by atoms with Gasteiger partial charge in [-0.15, -0.1) is 0 Å². The topological polar surface area (TPSA) is 64.6 Å². The lowest BCUT2D eigenvalue weighted by molar-refractivity contribution is 0.0479. The summed E-state index contributed by atoms with van der Waals surface area (Å²) in [6.07, 6.45) is 10.2. The summed E-state index contributed by atoms with van der Waals surface area (Å²) in [5.74, 6) is -1.01. The summed E-state index contributed by atoms with van der Waals surface area (Å²) in [6.45, 7) is 7.08. The van der Waals surface area contributed by atoms with Gasteiger partial charge < -0.3 is 14.8 Å². The summed E-state index contributed by atoms with van der Waals surface area (Å²) < 4.78 is 10.1. The fourth-order valence-electron chi connectivity index (χ4n) is 2.91. The number of ether oxygens (including phenoxy) is 2. The number of benzene rings is 1. The van der Waals surface area contributed by atoms with Crippen molar-refractivity contribution in [3.05, 3.63) is 29.3 Å². The molecule has 0 amide bonds. The zero-order valence-electron chi connectivity index (χ0n) is 17.1. The van der Waals surface area contributed by atoms with Crippen molar-refractivity contribution >= 4 is 17.6 Å². The molecule has 0 aliphatic carbocycles. The molecule has 0 saturated heterocycles. The van der Waals surface area contributed by atoms with Gasteiger partial charge in [-0.2, -0.15) is 0 Å². The van der Waals surface area contributed by atoms with Crippen LogP contribution < -0.4 is 5.32 Å². The third-order valence-electron chi connectivity index (χ3n) is 4.37. The van der Waals surface area contributed by atoms with E-state index in [2.05, 4.69) is 12.2 Å². The SMILES string of the molecule is CCCCCCCCCCNc1ccc(C(=O)OCC)c(C(=O)OCC)c1. The van der Waals surface area contributed by atoms with Crippen LogP contribution in [0.2, 0.25) is 0 Å². The molecule has 1 N–H and O–H groups in total. The molecule has 1 rings (SSSR count). The van der Waals surface area contributed by atoms with Crippen LogP contribution in [-0.2, 0) is 9.47 Å². The standard InChI is InChI=1S/C22H35NO4/c1-4-7-8-9-10-11-12-13-16-23-18-14-15-19(21(24)26-5-2)20(17-18)22(25)27-6-3/h14-15,17,23H,4-13,16H2,1-3H3. The molecule has 0 bridgehead atoms. The van der Waals surface area contributed by atoms with Gasteiger partial charge in [-0.05, 0) is 38.5 Å². The zero-order chi connectivity index (χ0) is 19.9. The van der Waals surface area contributed by atoms with Crippen molar-refractivity contribution in [1.29, 1.82) is 0 Å². The molecule has 152 valence electrons. The van der Waals surface area contributed by atoms with Crippen molar-refractivity contribution in [2.75, 3.05) is 25.1 Å². The minimum atomic E-state index is -0.504. The Bertz CT molecular complexity index is 571. The van der Waals surface area contributed by atoms with E-state index in [4.69, 9.17) is 9.47 Å². The first-order valence-corrected chi connectivity index (χ1v) is 10.4. The Labute approximate surface area is 163 Å². The summed E-state index contributed by atoms with van der Waals surface area (Å²) in [5.41, 5.74) is 1.30. The summed E-state index contributed by atoms with van der Waals surface area (Å²) in [6, 6.07) is 5.11. The van der Waals surface area contributed by atoms with E-state index in [1.165, 1.54) is 44.9 Å². The van der Waals surface area contributed by atoms with E-state index in [0.717, 1.165) is 18.7 Å². The van der Waals surface area contributed by atoms with Crippen molar-refractivity contribution in [1.82, 2.24) is 0 Å². The Morgan fingerprint density at radius 3 is 1.93 bits per heavy atom. The molecule has 0 atom stereocenters. The fourth-order valence-corrected chi connectivity index (χ4v) is 2.91. The number of rotatable bonds is 14. The molecule has 1 aromatic rings. The normalized spacial score (nSPS) is 10.5. The van der Waals surface area contributed by atoms with Crippen LogP contribution in [-0.4, -0.2) is 31.7 Å². The zero-order valence-corrected chi connectivity index (χ0v) is 17.1.